The van der Waals surface area contributed by atoms with Gasteiger partial charge in [0.2, 0.25) is 0 Å². The van der Waals surface area contributed by atoms with Gasteiger partial charge in [-0.25, -0.2) is 9.59 Å². The summed E-state index contributed by atoms with van der Waals surface area (Å²) in [6, 6.07) is -1.21. The summed E-state index contributed by atoms with van der Waals surface area (Å²) < 4.78 is 17.5. The van der Waals surface area contributed by atoms with Gasteiger partial charge in [-0.3, -0.25) is 0 Å². The van der Waals surface area contributed by atoms with Crippen molar-refractivity contribution in [1.82, 2.24) is 5.32 Å². The van der Waals surface area contributed by atoms with Gasteiger partial charge in [0.1, 0.15) is 5.60 Å². The molecule has 6 nitrogen and oxygen atoms in total. The first-order valence-corrected chi connectivity index (χ1v) is 5.62. The third-order valence-corrected chi connectivity index (χ3v) is 1.63. The minimum Gasteiger partial charge on any atom is -0.480 e. The van der Waals surface area contributed by atoms with Crippen LogP contribution in [0.3, 0.4) is 0 Å². The number of amides is 1. The van der Waals surface area contributed by atoms with Crippen LogP contribution in [-0.2, 0) is 14.3 Å². The van der Waals surface area contributed by atoms with E-state index in [-0.39, 0.29) is 13.5 Å². The summed E-state index contributed by atoms with van der Waals surface area (Å²) in [5, 5.41) is 11.2. The summed E-state index contributed by atoms with van der Waals surface area (Å²) >= 11 is 0. The smallest absolute Gasteiger partial charge is 0.408 e. The lowest BCUT2D eigenvalue weighted by Crippen LogP contribution is -2.47. The normalized spacial score (nSPS) is 14.6. The van der Waals surface area contributed by atoms with Crippen molar-refractivity contribution in [1.29, 1.82) is 0 Å². The zero-order valence-electron chi connectivity index (χ0n) is 12.6. The van der Waals surface area contributed by atoms with Crippen LogP contribution in [0.25, 0.3) is 0 Å². The molecule has 1 atom stereocenters. The van der Waals surface area contributed by atoms with Crippen LogP contribution in [0.15, 0.2) is 0 Å². The van der Waals surface area contributed by atoms with E-state index < -0.39 is 29.3 Å². The topological polar surface area (TPSA) is 84.9 Å². The third kappa shape index (κ3) is 8.81. The number of carbonyl (C=O) groups is 2. The number of hydrogen-bond acceptors (Lipinski definition) is 4. The molecular formula is C12H23NO5. The predicted molar refractivity (Wildman–Crippen MR) is 66.5 cm³/mol. The van der Waals surface area contributed by atoms with Crippen LogP contribution in [0.4, 0.5) is 4.79 Å². The molecule has 0 aromatic carbocycles. The number of carbonyl (C=O) groups excluding carboxylic acids is 1. The number of aliphatic carboxylic acids is 1. The van der Waals surface area contributed by atoms with Gasteiger partial charge < -0.3 is 19.9 Å². The monoisotopic (exact) mass is 262 g/mol. The SMILES string of the molecule is [2H]CC(C)(C)OC[C@H](NC(=O)OC(C)(C)C)C(=O)O. The van der Waals surface area contributed by atoms with E-state index in [1.54, 1.807) is 34.6 Å². The highest BCUT2D eigenvalue weighted by molar-refractivity contribution is 5.80. The van der Waals surface area contributed by atoms with Gasteiger partial charge in [-0.15, -0.1) is 0 Å². The van der Waals surface area contributed by atoms with Crippen LogP contribution in [-0.4, -0.2) is 41.0 Å². The zero-order chi connectivity index (χ0) is 15.3. The Bertz CT molecular complexity index is 325. The number of ether oxygens (including phenoxy) is 2. The van der Waals surface area contributed by atoms with Gasteiger partial charge in [0.15, 0.2) is 6.04 Å². The van der Waals surface area contributed by atoms with Crippen molar-refractivity contribution in [2.45, 2.75) is 58.8 Å². The largest absolute Gasteiger partial charge is 0.480 e. The fourth-order valence-corrected chi connectivity index (χ4v) is 0.933. The number of alkyl carbamates (subject to hydrolysis) is 1. The van der Waals surface area contributed by atoms with E-state index in [0.29, 0.717) is 0 Å². The van der Waals surface area contributed by atoms with E-state index in [1.807, 2.05) is 0 Å². The van der Waals surface area contributed by atoms with E-state index >= 15 is 0 Å². The maximum Gasteiger partial charge on any atom is 0.408 e. The fourth-order valence-electron chi connectivity index (χ4n) is 0.933. The molecule has 0 rings (SSSR count). The molecule has 0 radical (unpaired) electrons. The molecule has 0 aliphatic carbocycles. The van der Waals surface area contributed by atoms with E-state index in [4.69, 9.17) is 16.0 Å². The Morgan fingerprint density at radius 3 is 2.22 bits per heavy atom. The molecule has 0 bridgehead atoms. The van der Waals surface area contributed by atoms with Crippen LogP contribution < -0.4 is 5.32 Å². The molecule has 2 N–H and O–H groups in total. The Balaban J connectivity index is 4.43. The standard InChI is InChI=1S/C12H23NO5/c1-11(2,3)17-7-8(9(14)15)13-10(16)18-12(4,5)6/h8H,7H2,1-6H3,(H,13,16)(H,14,15)/t8-/m0/s1/i1D. The second kappa shape index (κ2) is 6.04. The van der Waals surface area contributed by atoms with Crippen LogP contribution in [0.1, 0.15) is 42.9 Å². The van der Waals surface area contributed by atoms with Gasteiger partial charge in [-0.1, -0.05) is 0 Å². The number of nitrogens with one attached hydrogen (secondary N) is 1. The lowest BCUT2D eigenvalue weighted by Gasteiger charge is -2.25. The first-order valence-electron chi connectivity index (χ1n) is 6.33. The summed E-state index contributed by atoms with van der Waals surface area (Å²) in [6.45, 7) is 8.16. The molecule has 0 spiro atoms. The van der Waals surface area contributed by atoms with Crippen LogP contribution in [0.2, 0.25) is 0 Å². The molecule has 0 aromatic heterocycles. The zero-order valence-corrected chi connectivity index (χ0v) is 11.6. The lowest BCUT2D eigenvalue weighted by molar-refractivity contribution is -0.142. The Morgan fingerprint density at radius 1 is 1.28 bits per heavy atom. The fraction of sp³-hybridized carbons (Fsp3) is 0.833. The summed E-state index contributed by atoms with van der Waals surface area (Å²) in [5.74, 6) is -1.22. The molecule has 1 amide bonds. The average Bonchev–Trinajstić information content (AvgIpc) is 2.21. The van der Waals surface area contributed by atoms with E-state index in [1.165, 1.54) is 0 Å². The third-order valence-electron chi connectivity index (χ3n) is 1.63. The molecule has 18 heavy (non-hydrogen) atoms. The van der Waals surface area contributed by atoms with Gasteiger partial charge in [0, 0.05) is 1.37 Å². The van der Waals surface area contributed by atoms with Crippen molar-refractivity contribution in [2.75, 3.05) is 6.61 Å². The number of hydrogen-bond donors (Lipinski definition) is 2. The molecule has 0 aromatic rings. The highest BCUT2D eigenvalue weighted by Gasteiger charge is 2.25. The van der Waals surface area contributed by atoms with Crippen molar-refractivity contribution in [3.8, 4) is 0 Å². The Labute approximate surface area is 109 Å². The van der Waals surface area contributed by atoms with Crippen molar-refractivity contribution in [3.63, 3.8) is 0 Å². The van der Waals surface area contributed by atoms with Crippen molar-refractivity contribution >= 4 is 12.1 Å². The number of carboxylic acids is 1. The second-order valence-corrected chi connectivity index (χ2v) is 5.61. The van der Waals surface area contributed by atoms with Crippen LogP contribution in [0.5, 0.6) is 0 Å². The molecule has 0 fully saturated rings. The maximum atomic E-state index is 11.5. The van der Waals surface area contributed by atoms with Crippen molar-refractivity contribution < 1.29 is 25.5 Å². The van der Waals surface area contributed by atoms with Crippen LogP contribution >= 0.6 is 0 Å². The van der Waals surface area contributed by atoms with E-state index in [0.717, 1.165) is 0 Å². The first-order chi connectivity index (χ1) is 8.47. The van der Waals surface area contributed by atoms with Crippen molar-refractivity contribution in [3.05, 3.63) is 0 Å². The second-order valence-electron chi connectivity index (χ2n) is 5.61. The van der Waals surface area contributed by atoms with E-state index in [9.17, 15) is 9.59 Å². The Kier molecular flexibility index (Phi) is 4.95. The molecular weight excluding hydrogens is 238 g/mol. The minimum atomic E-state index is -1.22. The highest BCUT2D eigenvalue weighted by atomic mass is 16.6. The molecule has 0 heterocycles. The van der Waals surface area contributed by atoms with Gasteiger partial charge in [0.05, 0.1) is 12.2 Å². The summed E-state index contributed by atoms with van der Waals surface area (Å²) in [5.41, 5.74) is -1.46. The quantitative estimate of drug-likeness (QED) is 0.806. The van der Waals surface area contributed by atoms with E-state index in [2.05, 4.69) is 5.32 Å². The summed E-state index contributed by atoms with van der Waals surface area (Å²) in [4.78, 5) is 22.5. The Morgan fingerprint density at radius 2 is 1.83 bits per heavy atom. The predicted octanol–water partition coefficient (Wildman–Crippen LogP) is 1.78. The molecule has 0 saturated heterocycles. The molecule has 0 saturated carbocycles. The number of carboxylic acid groups (broad SMARTS) is 1. The van der Waals surface area contributed by atoms with Gasteiger partial charge in [0.25, 0.3) is 0 Å². The van der Waals surface area contributed by atoms with Crippen LogP contribution in [0, 0.1) is 0 Å². The minimum absolute atomic E-state index is 0.00816. The number of rotatable bonds is 4. The molecule has 0 aliphatic heterocycles. The molecule has 0 aliphatic rings. The summed E-state index contributed by atoms with van der Waals surface area (Å²) in [6.07, 6.45) is -0.813. The molecule has 6 heteroatoms. The average molecular weight is 262 g/mol. The molecule has 0 unspecified atom stereocenters. The van der Waals surface area contributed by atoms with Gasteiger partial charge in [-0.05, 0) is 41.5 Å². The first kappa shape index (κ1) is 14.8. The van der Waals surface area contributed by atoms with Gasteiger partial charge in [-0.2, -0.15) is 0 Å². The Hall–Kier alpha value is -1.30. The van der Waals surface area contributed by atoms with Crippen molar-refractivity contribution in [2.24, 2.45) is 0 Å². The highest BCUT2D eigenvalue weighted by Crippen LogP contribution is 2.09. The lowest BCUT2D eigenvalue weighted by atomic mass is 10.2. The summed E-state index contributed by atoms with van der Waals surface area (Å²) in [7, 11) is 0. The van der Waals surface area contributed by atoms with Gasteiger partial charge >= 0.3 is 12.1 Å². The molecule has 106 valence electrons. The maximum absolute atomic E-state index is 11.5.